The molecule has 1 heterocycles. The van der Waals surface area contributed by atoms with Crippen molar-refractivity contribution >= 4 is 23.1 Å². The van der Waals surface area contributed by atoms with E-state index in [9.17, 15) is 9.18 Å². The lowest BCUT2D eigenvalue weighted by Crippen LogP contribution is -2.28. The molecule has 1 aliphatic rings. The van der Waals surface area contributed by atoms with Gasteiger partial charge in [-0.25, -0.2) is 4.39 Å². The van der Waals surface area contributed by atoms with Crippen LogP contribution >= 0.6 is 12.2 Å². The second kappa shape index (κ2) is 6.08. The second-order valence-electron chi connectivity index (χ2n) is 4.55. The van der Waals surface area contributed by atoms with Crippen molar-refractivity contribution in [3.63, 3.8) is 0 Å². The molecule has 0 aromatic heterocycles. The number of hydrogen-bond acceptors (Lipinski definition) is 3. The van der Waals surface area contributed by atoms with Crippen molar-refractivity contribution in [2.24, 2.45) is 5.73 Å². The third kappa shape index (κ3) is 3.71. The normalized spacial score (nSPS) is 16.8. The fourth-order valence-corrected chi connectivity index (χ4v) is 2.25. The first-order chi connectivity index (χ1) is 9.06. The van der Waals surface area contributed by atoms with Gasteiger partial charge in [-0.3, -0.25) is 9.69 Å². The molecule has 4 nitrogen and oxygen atoms in total. The SMILES string of the molecule is NC(=S)c1cc(CN2CCNC(=O)CC2)ccc1F. The van der Waals surface area contributed by atoms with Crippen molar-refractivity contribution in [2.75, 3.05) is 19.6 Å². The molecule has 2 rings (SSSR count). The maximum Gasteiger partial charge on any atom is 0.221 e. The van der Waals surface area contributed by atoms with Crippen LogP contribution in [-0.4, -0.2) is 35.4 Å². The predicted molar refractivity (Wildman–Crippen MR) is 75.2 cm³/mol. The van der Waals surface area contributed by atoms with Crippen LogP contribution in [0.15, 0.2) is 18.2 Å². The number of nitrogens with zero attached hydrogens (tertiary/aromatic N) is 1. The van der Waals surface area contributed by atoms with Gasteiger partial charge in [0.15, 0.2) is 0 Å². The Balaban J connectivity index is 2.08. The molecule has 1 saturated heterocycles. The summed E-state index contributed by atoms with van der Waals surface area (Å²) in [6, 6.07) is 4.78. The summed E-state index contributed by atoms with van der Waals surface area (Å²) in [4.78, 5) is 13.5. The van der Waals surface area contributed by atoms with Crippen molar-refractivity contribution in [1.82, 2.24) is 10.2 Å². The van der Waals surface area contributed by atoms with Crippen LogP contribution < -0.4 is 11.1 Å². The Bertz CT molecular complexity index is 507. The van der Waals surface area contributed by atoms with E-state index < -0.39 is 5.82 Å². The molecule has 19 heavy (non-hydrogen) atoms. The number of benzene rings is 1. The van der Waals surface area contributed by atoms with Crippen LogP contribution in [0.3, 0.4) is 0 Å². The smallest absolute Gasteiger partial charge is 0.221 e. The number of nitrogens with one attached hydrogen (secondary N) is 1. The Labute approximate surface area is 116 Å². The molecular formula is C13H16FN3OS. The first-order valence-electron chi connectivity index (χ1n) is 6.13. The van der Waals surface area contributed by atoms with Crippen molar-refractivity contribution < 1.29 is 9.18 Å². The fraction of sp³-hybridized carbons (Fsp3) is 0.385. The highest BCUT2D eigenvalue weighted by Crippen LogP contribution is 2.13. The molecule has 1 aromatic carbocycles. The summed E-state index contributed by atoms with van der Waals surface area (Å²) < 4.78 is 13.5. The lowest BCUT2D eigenvalue weighted by molar-refractivity contribution is -0.120. The predicted octanol–water partition coefficient (Wildman–Crippen LogP) is 0.782. The second-order valence-corrected chi connectivity index (χ2v) is 4.99. The largest absolute Gasteiger partial charge is 0.389 e. The molecular weight excluding hydrogens is 265 g/mol. The van der Waals surface area contributed by atoms with E-state index in [2.05, 4.69) is 10.2 Å². The maximum atomic E-state index is 13.5. The minimum atomic E-state index is -0.399. The number of carbonyl (C=O) groups is 1. The molecule has 1 aliphatic heterocycles. The molecule has 0 saturated carbocycles. The van der Waals surface area contributed by atoms with Gasteiger partial charge in [-0.2, -0.15) is 0 Å². The van der Waals surface area contributed by atoms with Crippen LogP contribution in [0.4, 0.5) is 4.39 Å². The van der Waals surface area contributed by atoms with Crippen LogP contribution in [0.25, 0.3) is 0 Å². The Hall–Kier alpha value is -1.53. The maximum absolute atomic E-state index is 13.5. The van der Waals surface area contributed by atoms with Crippen molar-refractivity contribution in [3.8, 4) is 0 Å². The highest BCUT2D eigenvalue weighted by Gasteiger charge is 2.14. The van der Waals surface area contributed by atoms with Gasteiger partial charge in [-0.15, -0.1) is 0 Å². The lowest BCUT2D eigenvalue weighted by Gasteiger charge is -2.19. The van der Waals surface area contributed by atoms with E-state index in [-0.39, 0.29) is 16.5 Å². The minimum Gasteiger partial charge on any atom is -0.389 e. The molecule has 0 spiro atoms. The molecule has 0 unspecified atom stereocenters. The number of halogens is 1. The van der Waals surface area contributed by atoms with E-state index in [1.54, 1.807) is 12.1 Å². The van der Waals surface area contributed by atoms with Gasteiger partial charge in [-0.1, -0.05) is 18.3 Å². The Kier molecular flexibility index (Phi) is 4.44. The summed E-state index contributed by atoms with van der Waals surface area (Å²) in [7, 11) is 0. The number of rotatable bonds is 3. The van der Waals surface area contributed by atoms with Gasteiger partial charge in [0.2, 0.25) is 5.91 Å². The van der Waals surface area contributed by atoms with Gasteiger partial charge >= 0.3 is 0 Å². The highest BCUT2D eigenvalue weighted by molar-refractivity contribution is 7.80. The summed E-state index contributed by atoms with van der Waals surface area (Å²) in [6.45, 7) is 2.78. The first kappa shape index (κ1) is 13.9. The van der Waals surface area contributed by atoms with E-state index in [0.29, 0.717) is 26.1 Å². The zero-order valence-corrected chi connectivity index (χ0v) is 11.3. The summed E-state index contributed by atoms with van der Waals surface area (Å²) in [5.74, 6) is -0.325. The monoisotopic (exact) mass is 281 g/mol. The van der Waals surface area contributed by atoms with Crippen LogP contribution in [-0.2, 0) is 11.3 Å². The molecule has 0 atom stereocenters. The van der Waals surface area contributed by atoms with Crippen molar-refractivity contribution in [1.29, 1.82) is 0 Å². The molecule has 6 heteroatoms. The third-order valence-electron chi connectivity index (χ3n) is 3.11. The van der Waals surface area contributed by atoms with Crippen molar-refractivity contribution in [3.05, 3.63) is 35.1 Å². The number of carbonyl (C=O) groups excluding carboxylic acids is 1. The molecule has 102 valence electrons. The molecule has 1 aromatic rings. The molecule has 0 bridgehead atoms. The van der Waals surface area contributed by atoms with E-state index in [4.69, 9.17) is 18.0 Å². The van der Waals surface area contributed by atoms with Gasteiger partial charge in [0.1, 0.15) is 10.8 Å². The summed E-state index contributed by atoms with van der Waals surface area (Å²) >= 11 is 4.82. The summed E-state index contributed by atoms with van der Waals surface area (Å²) in [5, 5.41) is 2.82. The molecule has 1 fully saturated rings. The molecule has 3 N–H and O–H groups in total. The standard InChI is InChI=1S/C13H16FN3OS/c14-11-2-1-9(7-10(11)13(15)19)8-17-5-3-12(18)16-4-6-17/h1-2,7H,3-6,8H2,(H2,15,19)(H,16,18). The van der Waals surface area contributed by atoms with Gasteiger partial charge in [0, 0.05) is 38.2 Å². The number of hydrogen-bond donors (Lipinski definition) is 2. The zero-order chi connectivity index (χ0) is 13.8. The molecule has 1 amide bonds. The summed E-state index contributed by atoms with van der Waals surface area (Å²) in [6.07, 6.45) is 0.489. The number of amides is 1. The lowest BCUT2D eigenvalue weighted by atomic mass is 10.1. The summed E-state index contributed by atoms with van der Waals surface area (Å²) in [5.41, 5.74) is 6.70. The zero-order valence-electron chi connectivity index (χ0n) is 10.5. The third-order valence-corrected chi connectivity index (χ3v) is 3.33. The van der Waals surface area contributed by atoms with Crippen LogP contribution in [0, 0.1) is 5.82 Å². The number of nitrogens with two attached hydrogens (primary N) is 1. The minimum absolute atomic E-state index is 0.0621. The van der Waals surface area contributed by atoms with E-state index in [0.717, 1.165) is 12.1 Å². The average molecular weight is 281 g/mol. The topological polar surface area (TPSA) is 58.4 Å². The Morgan fingerprint density at radius 3 is 3.00 bits per heavy atom. The van der Waals surface area contributed by atoms with E-state index >= 15 is 0 Å². The fourth-order valence-electron chi connectivity index (χ4n) is 2.09. The Morgan fingerprint density at radius 2 is 2.26 bits per heavy atom. The van der Waals surface area contributed by atoms with Gasteiger partial charge < -0.3 is 11.1 Å². The van der Waals surface area contributed by atoms with Gasteiger partial charge in [-0.05, 0) is 17.7 Å². The van der Waals surface area contributed by atoms with Crippen molar-refractivity contribution in [2.45, 2.75) is 13.0 Å². The van der Waals surface area contributed by atoms with Gasteiger partial charge in [0.05, 0.1) is 0 Å². The van der Waals surface area contributed by atoms with E-state index in [1.165, 1.54) is 6.07 Å². The first-order valence-corrected chi connectivity index (χ1v) is 6.54. The Morgan fingerprint density at radius 1 is 1.47 bits per heavy atom. The van der Waals surface area contributed by atoms with Crippen LogP contribution in [0.5, 0.6) is 0 Å². The van der Waals surface area contributed by atoms with Gasteiger partial charge in [0.25, 0.3) is 0 Å². The van der Waals surface area contributed by atoms with E-state index in [1.807, 2.05) is 0 Å². The highest BCUT2D eigenvalue weighted by atomic mass is 32.1. The average Bonchev–Trinajstić information content (AvgIpc) is 2.56. The van der Waals surface area contributed by atoms with Crippen LogP contribution in [0.2, 0.25) is 0 Å². The van der Waals surface area contributed by atoms with Crippen LogP contribution in [0.1, 0.15) is 17.5 Å². The quantitative estimate of drug-likeness (QED) is 0.804. The molecule has 0 radical (unpaired) electrons. The molecule has 0 aliphatic carbocycles. The number of thiocarbonyl (C=S) groups is 1.